The summed E-state index contributed by atoms with van der Waals surface area (Å²) in [7, 11) is -2.45. The highest BCUT2D eigenvalue weighted by Crippen LogP contribution is 2.31. The van der Waals surface area contributed by atoms with Gasteiger partial charge in [-0.3, -0.25) is 0 Å². The number of aromatic nitrogens is 2. The Morgan fingerprint density at radius 3 is 2.91 bits per heavy atom. The molecule has 2 aliphatic heterocycles. The van der Waals surface area contributed by atoms with Gasteiger partial charge >= 0.3 is 0 Å². The minimum atomic E-state index is -2.45. The van der Waals surface area contributed by atoms with Crippen LogP contribution in [-0.4, -0.2) is 56.2 Å². The van der Waals surface area contributed by atoms with Gasteiger partial charge in [0.2, 0.25) is 0 Å². The molecule has 0 radical (unpaired) electrons. The van der Waals surface area contributed by atoms with Crippen molar-refractivity contribution < 1.29 is 23.2 Å². The van der Waals surface area contributed by atoms with Crippen molar-refractivity contribution in [1.29, 1.82) is 0 Å². The number of nitrogens with zero attached hydrogens (tertiary/aromatic N) is 3. The van der Waals surface area contributed by atoms with Crippen LogP contribution in [0.2, 0.25) is 0 Å². The molecule has 5 rings (SSSR count). The molecule has 2 aromatic carbocycles. The predicted molar refractivity (Wildman–Crippen MR) is 124 cm³/mol. The second kappa shape index (κ2) is 8.96. The number of rotatable bonds is 5. The van der Waals surface area contributed by atoms with Crippen LogP contribution in [0.5, 0.6) is 5.75 Å². The van der Waals surface area contributed by atoms with E-state index in [-0.39, 0.29) is 17.7 Å². The van der Waals surface area contributed by atoms with Crippen LogP contribution >= 0.6 is 0 Å². The fourth-order valence-corrected chi connectivity index (χ4v) is 6.68. The van der Waals surface area contributed by atoms with E-state index in [2.05, 4.69) is 14.3 Å². The number of aryl methyl sites for hydroxylation is 1. The van der Waals surface area contributed by atoms with Crippen LogP contribution in [0.4, 0.5) is 10.1 Å². The molecule has 9 heteroatoms. The zero-order valence-corrected chi connectivity index (χ0v) is 19.2. The van der Waals surface area contributed by atoms with Gasteiger partial charge in [-0.15, -0.1) is 0 Å². The molecule has 3 aromatic rings. The van der Waals surface area contributed by atoms with Crippen LogP contribution in [0.1, 0.15) is 29.7 Å². The molecule has 2 saturated heterocycles. The molecule has 174 valence electrons. The lowest BCUT2D eigenvalue weighted by atomic mass is 10.0. The molecule has 2 aliphatic rings. The first kappa shape index (κ1) is 22.2. The van der Waals surface area contributed by atoms with Gasteiger partial charge in [-0.25, -0.2) is 18.6 Å². The van der Waals surface area contributed by atoms with Crippen LogP contribution in [0, 0.1) is 12.7 Å². The quantitative estimate of drug-likeness (QED) is 0.610. The van der Waals surface area contributed by atoms with Crippen molar-refractivity contribution in [2.75, 3.05) is 24.7 Å². The van der Waals surface area contributed by atoms with E-state index < -0.39 is 15.8 Å². The van der Waals surface area contributed by atoms with Gasteiger partial charge in [0, 0.05) is 35.6 Å². The lowest BCUT2D eigenvalue weighted by Gasteiger charge is -2.16. The normalized spacial score (nSPS) is 24.9. The summed E-state index contributed by atoms with van der Waals surface area (Å²) in [6.45, 7) is 3.09. The summed E-state index contributed by atoms with van der Waals surface area (Å²) < 4.78 is 42.8. The number of hydrogen-bond acceptors (Lipinski definition) is 7. The number of aliphatic hydroxyl groups is 1. The molecule has 33 heavy (non-hydrogen) atoms. The van der Waals surface area contributed by atoms with Gasteiger partial charge in [-0.2, -0.15) is 4.36 Å². The maximum absolute atomic E-state index is 14.0. The van der Waals surface area contributed by atoms with Crippen LogP contribution in [0.15, 0.2) is 41.0 Å². The summed E-state index contributed by atoms with van der Waals surface area (Å²) in [6.07, 6.45) is 2.58. The number of benzene rings is 2. The number of fused-ring (bicyclic) bond motifs is 1. The Labute approximate surface area is 192 Å². The van der Waals surface area contributed by atoms with Gasteiger partial charge < -0.3 is 14.6 Å². The van der Waals surface area contributed by atoms with Crippen molar-refractivity contribution in [3.05, 3.63) is 59.3 Å². The highest BCUT2D eigenvalue weighted by atomic mass is 32.2. The summed E-state index contributed by atoms with van der Waals surface area (Å²) in [5.74, 6) is 0.755. The summed E-state index contributed by atoms with van der Waals surface area (Å²) in [4.78, 5) is 8.93. The first-order valence-electron chi connectivity index (χ1n) is 11.1. The molecule has 1 aromatic heterocycles. The molecule has 0 spiro atoms. The molecule has 3 atom stereocenters. The van der Waals surface area contributed by atoms with E-state index in [4.69, 9.17) is 9.47 Å². The van der Waals surface area contributed by atoms with E-state index in [1.54, 1.807) is 6.07 Å². The van der Waals surface area contributed by atoms with Crippen molar-refractivity contribution in [3.8, 4) is 5.75 Å². The Hall–Kier alpha value is -2.62. The minimum absolute atomic E-state index is 0.0883. The van der Waals surface area contributed by atoms with E-state index in [0.29, 0.717) is 48.8 Å². The molecule has 1 N–H and O–H groups in total. The van der Waals surface area contributed by atoms with Gasteiger partial charge in [0.25, 0.3) is 0 Å². The molecule has 2 fully saturated rings. The van der Waals surface area contributed by atoms with Crippen molar-refractivity contribution in [1.82, 2.24) is 9.97 Å². The zero-order valence-electron chi connectivity index (χ0n) is 18.4. The molecular weight excluding hydrogens is 445 g/mol. The summed E-state index contributed by atoms with van der Waals surface area (Å²) in [5, 5.41) is 10.7. The Morgan fingerprint density at radius 2 is 2.15 bits per heavy atom. The third-order valence-electron chi connectivity index (χ3n) is 6.06. The fourth-order valence-electron chi connectivity index (χ4n) is 4.45. The highest BCUT2D eigenvalue weighted by Gasteiger charge is 2.25. The molecule has 0 amide bonds. The topological polar surface area (TPSA) is 93.9 Å². The lowest BCUT2D eigenvalue weighted by molar-refractivity contribution is 0.140. The summed E-state index contributed by atoms with van der Waals surface area (Å²) in [6, 6.07) is 8.25. The van der Waals surface area contributed by atoms with E-state index in [1.807, 2.05) is 19.1 Å². The Kier molecular flexibility index (Phi) is 6.03. The van der Waals surface area contributed by atoms with E-state index >= 15 is 0 Å². The number of aliphatic hydroxyl groups excluding tert-OH is 1. The summed E-state index contributed by atoms with van der Waals surface area (Å²) >= 11 is 0. The van der Waals surface area contributed by atoms with Crippen LogP contribution in [-0.2, 0) is 20.9 Å². The minimum Gasteiger partial charge on any atom is -0.488 e. The molecule has 2 unspecified atom stereocenters. The maximum Gasteiger partial charge on any atom is 0.126 e. The largest absolute Gasteiger partial charge is 0.488 e. The van der Waals surface area contributed by atoms with Gasteiger partial charge in [0.15, 0.2) is 0 Å². The standard InChI is InChI=1S/C24H26FN3O4S/c1-15-8-18(28-33(30)7-5-19(29)13-33)11-22-24(15)21(26-14-27-22)9-16-2-3-17(25)10-23(16)32-20-4-6-31-12-20/h2-3,8,10-11,14,19-20,29H,4-7,9,12-13H2,1H3/t19?,20-,33?/m0/s1. The lowest BCUT2D eigenvalue weighted by Crippen LogP contribution is -2.17. The van der Waals surface area contributed by atoms with Crippen LogP contribution in [0.25, 0.3) is 10.9 Å². The fraction of sp³-hybridized carbons (Fsp3) is 0.417. The number of ether oxygens (including phenoxy) is 2. The molecule has 3 heterocycles. The molecular formula is C24H26FN3O4S. The van der Waals surface area contributed by atoms with Crippen LogP contribution in [0.3, 0.4) is 0 Å². The van der Waals surface area contributed by atoms with E-state index in [9.17, 15) is 13.7 Å². The Balaban J connectivity index is 1.50. The zero-order chi connectivity index (χ0) is 23.0. The van der Waals surface area contributed by atoms with Crippen molar-refractivity contribution in [2.24, 2.45) is 4.36 Å². The molecule has 0 saturated carbocycles. The average Bonchev–Trinajstić information content (AvgIpc) is 3.39. The molecule has 0 bridgehead atoms. The third kappa shape index (κ3) is 4.85. The van der Waals surface area contributed by atoms with Gasteiger partial charge in [0.1, 0.15) is 24.0 Å². The van der Waals surface area contributed by atoms with Crippen molar-refractivity contribution in [3.63, 3.8) is 0 Å². The SMILES string of the molecule is Cc1cc(N=S2(=O)CCC(O)C2)cc2ncnc(Cc3ccc(F)cc3O[C@H]3CCOC3)c12. The maximum atomic E-state index is 14.0. The smallest absolute Gasteiger partial charge is 0.126 e. The second-order valence-corrected chi connectivity index (χ2v) is 11.2. The highest BCUT2D eigenvalue weighted by molar-refractivity contribution is 7.94. The monoisotopic (exact) mass is 471 g/mol. The number of halogens is 1. The Morgan fingerprint density at radius 1 is 1.27 bits per heavy atom. The van der Waals surface area contributed by atoms with Gasteiger partial charge in [-0.1, -0.05) is 6.07 Å². The van der Waals surface area contributed by atoms with Gasteiger partial charge in [0.05, 0.1) is 51.7 Å². The van der Waals surface area contributed by atoms with E-state index in [0.717, 1.165) is 28.6 Å². The average molecular weight is 472 g/mol. The predicted octanol–water partition coefficient (Wildman–Crippen LogP) is 3.70. The van der Waals surface area contributed by atoms with Crippen LogP contribution < -0.4 is 4.74 Å². The molecule has 0 aliphatic carbocycles. The Bertz CT molecular complexity index is 1320. The number of hydrogen-bond donors (Lipinski definition) is 1. The third-order valence-corrected chi connectivity index (χ3v) is 8.38. The van der Waals surface area contributed by atoms with E-state index in [1.165, 1.54) is 18.5 Å². The van der Waals surface area contributed by atoms with Crippen molar-refractivity contribution in [2.45, 2.75) is 38.4 Å². The summed E-state index contributed by atoms with van der Waals surface area (Å²) in [5.41, 5.74) is 3.84. The first-order valence-corrected chi connectivity index (χ1v) is 12.9. The first-order chi connectivity index (χ1) is 15.9. The van der Waals surface area contributed by atoms with Gasteiger partial charge in [-0.05, 0) is 37.1 Å². The molecule has 7 nitrogen and oxygen atoms in total. The second-order valence-electron chi connectivity index (χ2n) is 8.69. The van der Waals surface area contributed by atoms with Crippen molar-refractivity contribution >= 4 is 26.3 Å².